The van der Waals surface area contributed by atoms with Gasteiger partial charge in [0.1, 0.15) is 0 Å². The van der Waals surface area contributed by atoms with Crippen LogP contribution in [0.15, 0.2) is 11.0 Å². The molecule has 92 valence electrons. The van der Waals surface area contributed by atoms with Crippen LogP contribution in [0.4, 0.5) is 0 Å². The molecule has 1 heterocycles. The van der Waals surface area contributed by atoms with Crippen molar-refractivity contribution in [2.75, 3.05) is 6.54 Å². The van der Waals surface area contributed by atoms with Crippen LogP contribution < -0.4 is 0 Å². The van der Waals surface area contributed by atoms with Gasteiger partial charge in [-0.1, -0.05) is 0 Å². The molecule has 0 amide bonds. The van der Waals surface area contributed by atoms with Gasteiger partial charge in [0.05, 0.1) is 0 Å². The predicted octanol–water partition coefficient (Wildman–Crippen LogP) is 2.58. The molecule has 0 bridgehead atoms. The highest BCUT2D eigenvalue weighted by Gasteiger charge is 2.25. The van der Waals surface area contributed by atoms with E-state index < -0.39 is 5.97 Å². The van der Waals surface area contributed by atoms with E-state index in [4.69, 9.17) is 5.11 Å². The standard InChI is InChI=1S/C12H21NO2S/c1-8(2)13(9(3)4)6-11-5-10(7-16-11)12(14)15/h7-9,11H,5-6H2,1-4H3,(H,14,15). The molecule has 0 aromatic rings. The summed E-state index contributed by atoms with van der Waals surface area (Å²) in [7, 11) is 0. The molecule has 1 atom stereocenters. The fourth-order valence-corrected chi connectivity index (χ4v) is 3.11. The Balaban J connectivity index is 2.48. The second kappa shape index (κ2) is 5.73. The Morgan fingerprint density at radius 2 is 2.06 bits per heavy atom. The molecule has 1 aliphatic rings. The topological polar surface area (TPSA) is 40.5 Å². The summed E-state index contributed by atoms with van der Waals surface area (Å²) in [5, 5.41) is 11.1. The van der Waals surface area contributed by atoms with Crippen LogP contribution in [0.3, 0.4) is 0 Å². The Hall–Kier alpha value is -0.480. The van der Waals surface area contributed by atoms with Gasteiger partial charge in [0.25, 0.3) is 0 Å². The molecule has 0 spiro atoms. The zero-order valence-corrected chi connectivity index (χ0v) is 11.3. The molecule has 1 unspecified atom stereocenters. The molecule has 1 aliphatic heterocycles. The SMILES string of the molecule is CC(C)N(CC1CC(C(=O)O)=CS1)C(C)C. The van der Waals surface area contributed by atoms with Crippen molar-refractivity contribution in [1.82, 2.24) is 4.90 Å². The highest BCUT2D eigenvalue weighted by molar-refractivity contribution is 8.03. The molecule has 3 nitrogen and oxygen atoms in total. The van der Waals surface area contributed by atoms with Crippen LogP contribution in [0.2, 0.25) is 0 Å². The lowest BCUT2D eigenvalue weighted by atomic mass is 10.1. The van der Waals surface area contributed by atoms with Gasteiger partial charge in [0, 0.05) is 29.5 Å². The molecule has 0 saturated carbocycles. The van der Waals surface area contributed by atoms with Crippen LogP contribution in [-0.2, 0) is 4.79 Å². The quantitative estimate of drug-likeness (QED) is 0.805. The minimum absolute atomic E-state index is 0.399. The van der Waals surface area contributed by atoms with E-state index in [2.05, 4.69) is 32.6 Å². The summed E-state index contributed by atoms with van der Waals surface area (Å²) in [6.07, 6.45) is 0.690. The Labute approximate surface area is 102 Å². The number of carbonyl (C=O) groups is 1. The summed E-state index contributed by atoms with van der Waals surface area (Å²) in [6.45, 7) is 9.71. The van der Waals surface area contributed by atoms with Crippen LogP contribution in [0, 0.1) is 0 Å². The number of carboxylic acids is 1. The number of carboxylic acid groups (broad SMARTS) is 1. The van der Waals surface area contributed by atoms with E-state index in [1.165, 1.54) is 0 Å². The van der Waals surface area contributed by atoms with Gasteiger partial charge in [-0.25, -0.2) is 4.79 Å². The van der Waals surface area contributed by atoms with Gasteiger partial charge in [-0.15, -0.1) is 11.8 Å². The number of nitrogens with zero attached hydrogens (tertiary/aromatic N) is 1. The van der Waals surface area contributed by atoms with Crippen molar-refractivity contribution >= 4 is 17.7 Å². The van der Waals surface area contributed by atoms with Crippen LogP contribution >= 0.6 is 11.8 Å². The highest BCUT2D eigenvalue weighted by Crippen LogP contribution is 2.31. The fourth-order valence-electron chi connectivity index (χ4n) is 2.02. The second-order valence-corrected chi connectivity index (χ2v) is 5.97. The van der Waals surface area contributed by atoms with Gasteiger partial charge in [-0.05, 0) is 39.5 Å². The summed E-state index contributed by atoms with van der Waals surface area (Å²) in [6, 6.07) is 1.02. The van der Waals surface area contributed by atoms with Gasteiger partial charge in [0.2, 0.25) is 0 Å². The maximum absolute atomic E-state index is 10.8. The molecule has 0 saturated heterocycles. The van der Waals surface area contributed by atoms with Crippen molar-refractivity contribution in [2.24, 2.45) is 0 Å². The van der Waals surface area contributed by atoms with E-state index in [0.29, 0.717) is 29.3 Å². The number of aliphatic carboxylic acids is 1. The van der Waals surface area contributed by atoms with E-state index in [-0.39, 0.29) is 0 Å². The Morgan fingerprint density at radius 3 is 2.44 bits per heavy atom. The third-order valence-electron chi connectivity index (χ3n) is 2.87. The summed E-state index contributed by atoms with van der Waals surface area (Å²) in [4.78, 5) is 13.2. The molecule has 16 heavy (non-hydrogen) atoms. The molecule has 0 radical (unpaired) electrons. The van der Waals surface area contributed by atoms with Crippen molar-refractivity contribution < 1.29 is 9.90 Å². The lowest BCUT2D eigenvalue weighted by molar-refractivity contribution is -0.132. The molecular weight excluding hydrogens is 222 g/mol. The second-order valence-electron chi connectivity index (χ2n) is 4.79. The molecule has 0 aromatic heterocycles. The minimum atomic E-state index is -0.768. The lowest BCUT2D eigenvalue weighted by Gasteiger charge is -2.32. The molecule has 4 heteroatoms. The van der Waals surface area contributed by atoms with Crippen molar-refractivity contribution in [1.29, 1.82) is 0 Å². The van der Waals surface area contributed by atoms with Crippen LogP contribution in [0.5, 0.6) is 0 Å². The molecular formula is C12H21NO2S. The summed E-state index contributed by atoms with van der Waals surface area (Å²) >= 11 is 1.66. The van der Waals surface area contributed by atoms with Crippen molar-refractivity contribution in [3.63, 3.8) is 0 Å². The fraction of sp³-hybridized carbons (Fsp3) is 0.750. The molecule has 1 rings (SSSR count). The van der Waals surface area contributed by atoms with Crippen molar-refractivity contribution in [2.45, 2.75) is 51.4 Å². The normalized spacial score (nSPS) is 20.9. The van der Waals surface area contributed by atoms with E-state index in [0.717, 1.165) is 6.54 Å². The average molecular weight is 243 g/mol. The number of thioether (sulfide) groups is 1. The maximum Gasteiger partial charge on any atom is 0.332 e. The van der Waals surface area contributed by atoms with Crippen LogP contribution in [0.1, 0.15) is 34.1 Å². The third kappa shape index (κ3) is 3.52. The third-order valence-corrected chi connectivity index (χ3v) is 3.99. The first-order valence-electron chi connectivity index (χ1n) is 5.75. The average Bonchev–Trinajstić information content (AvgIpc) is 2.61. The molecule has 1 N–H and O–H groups in total. The molecule has 0 aliphatic carbocycles. The molecule has 0 aromatic carbocycles. The minimum Gasteiger partial charge on any atom is -0.478 e. The van der Waals surface area contributed by atoms with E-state index in [9.17, 15) is 4.79 Å². The maximum atomic E-state index is 10.8. The van der Waals surface area contributed by atoms with E-state index in [1.807, 2.05) is 0 Å². The Bertz CT molecular complexity index is 279. The smallest absolute Gasteiger partial charge is 0.332 e. The van der Waals surface area contributed by atoms with Crippen LogP contribution in [0.25, 0.3) is 0 Å². The first-order valence-corrected chi connectivity index (χ1v) is 6.69. The molecule has 0 fully saturated rings. The van der Waals surface area contributed by atoms with Gasteiger partial charge >= 0.3 is 5.97 Å². The number of rotatable bonds is 5. The largest absolute Gasteiger partial charge is 0.478 e. The van der Waals surface area contributed by atoms with E-state index >= 15 is 0 Å². The predicted molar refractivity (Wildman–Crippen MR) is 68.7 cm³/mol. The Morgan fingerprint density at radius 1 is 1.50 bits per heavy atom. The summed E-state index contributed by atoms with van der Waals surface area (Å²) in [5.41, 5.74) is 0.558. The number of hydrogen-bond acceptors (Lipinski definition) is 3. The van der Waals surface area contributed by atoms with Gasteiger partial charge in [-0.3, -0.25) is 4.90 Å². The van der Waals surface area contributed by atoms with Crippen LogP contribution in [-0.4, -0.2) is 39.9 Å². The number of hydrogen-bond donors (Lipinski definition) is 1. The zero-order valence-electron chi connectivity index (χ0n) is 10.4. The van der Waals surface area contributed by atoms with Gasteiger partial charge < -0.3 is 5.11 Å². The van der Waals surface area contributed by atoms with Gasteiger partial charge in [-0.2, -0.15) is 0 Å². The highest BCUT2D eigenvalue weighted by atomic mass is 32.2. The van der Waals surface area contributed by atoms with Crippen molar-refractivity contribution in [3.8, 4) is 0 Å². The summed E-state index contributed by atoms with van der Waals surface area (Å²) in [5.74, 6) is -0.768. The summed E-state index contributed by atoms with van der Waals surface area (Å²) < 4.78 is 0. The van der Waals surface area contributed by atoms with Gasteiger partial charge in [0.15, 0.2) is 0 Å². The lowest BCUT2D eigenvalue weighted by Crippen LogP contribution is -2.41. The van der Waals surface area contributed by atoms with Crippen molar-refractivity contribution in [3.05, 3.63) is 11.0 Å². The Kier molecular flexibility index (Phi) is 4.87. The monoisotopic (exact) mass is 243 g/mol. The first-order chi connectivity index (χ1) is 7.41. The zero-order chi connectivity index (χ0) is 12.3. The first kappa shape index (κ1) is 13.6. The van der Waals surface area contributed by atoms with E-state index in [1.54, 1.807) is 17.2 Å².